The van der Waals surface area contributed by atoms with E-state index in [2.05, 4.69) is 29.1 Å². The van der Waals surface area contributed by atoms with Crippen LogP contribution in [0, 0.1) is 5.92 Å². The molecule has 1 aromatic rings. The van der Waals surface area contributed by atoms with Crippen LogP contribution in [0.1, 0.15) is 27.7 Å². The van der Waals surface area contributed by atoms with Crippen molar-refractivity contribution >= 4 is 5.95 Å². The first-order valence-corrected chi connectivity index (χ1v) is 5.99. The van der Waals surface area contributed by atoms with E-state index in [1.807, 2.05) is 13.8 Å². The summed E-state index contributed by atoms with van der Waals surface area (Å²) in [4.78, 5) is 8.44. The van der Waals surface area contributed by atoms with Crippen molar-refractivity contribution in [3.8, 4) is 5.88 Å². The number of nitrogens with two attached hydrogens (primary N) is 1. The Bertz CT molecular complexity index is 343. The molecule has 17 heavy (non-hydrogen) atoms. The molecule has 2 unspecified atom stereocenters. The third kappa shape index (κ3) is 4.56. The Morgan fingerprint density at radius 3 is 2.65 bits per heavy atom. The molecule has 0 spiro atoms. The summed E-state index contributed by atoms with van der Waals surface area (Å²) in [5.41, 5.74) is 5.62. The molecule has 0 bridgehead atoms. The van der Waals surface area contributed by atoms with Gasteiger partial charge in [0.25, 0.3) is 0 Å². The fourth-order valence-corrected chi connectivity index (χ4v) is 1.27. The maximum Gasteiger partial charge on any atom is 0.226 e. The molecule has 0 aliphatic carbocycles. The lowest BCUT2D eigenvalue weighted by atomic mass is 10.0. The first-order chi connectivity index (χ1) is 8.02. The zero-order valence-corrected chi connectivity index (χ0v) is 11.0. The number of hydrogen-bond donors (Lipinski definition) is 2. The molecule has 0 aromatic carbocycles. The number of aromatic nitrogens is 2. The highest BCUT2D eigenvalue weighted by Gasteiger charge is 2.11. The summed E-state index contributed by atoms with van der Waals surface area (Å²) < 4.78 is 5.51. The third-order valence-electron chi connectivity index (χ3n) is 2.57. The Hall–Kier alpha value is -1.36. The summed E-state index contributed by atoms with van der Waals surface area (Å²) in [5.74, 6) is 1.54. The highest BCUT2D eigenvalue weighted by atomic mass is 16.5. The van der Waals surface area contributed by atoms with Gasteiger partial charge in [-0.25, -0.2) is 4.98 Å². The molecule has 1 rings (SSSR count). The lowest BCUT2D eigenvalue weighted by Gasteiger charge is -2.19. The first kappa shape index (κ1) is 13.7. The van der Waals surface area contributed by atoms with E-state index in [1.165, 1.54) is 0 Å². The van der Waals surface area contributed by atoms with Gasteiger partial charge in [0.15, 0.2) is 0 Å². The maximum absolute atomic E-state index is 5.62. The predicted octanol–water partition coefficient (Wildman–Crippen LogP) is 1.66. The minimum atomic E-state index is 0.109. The third-order valence-corrected chi connectivity index (χ3v) is 2.57. The molecule has 3 N–H and O–H groups in total. The highest BCUT2D eigenvalue weighted by molar-refractivity contribution is 5.28. The molecule has 0 saturated carbocycles. The standard InChI is InChI=1S/C12H22N4O/c1-8(2)17-11-5-6-14-12(16-11)15-10(4)9(3)7-13/h5-6,8-10H,7,13H2,1-4H3,(H,14,15,16). The van der Waals surface area contributed by atoms with E-state index in [-0.39, 0.29) is 12.1 Å². The van der Waals surface area contributed by atoms with Crippen LogP contribution in [0.2, 0.25) is 0 Å². The zero-order chi connectivity index (χ0) is 12.8. The van der Waals surface area contributed by atoms with Crippen molar-refractivity contribution in [2.45, 2.75) is 39.8 Å². The fraction of sp³-hybridized carbons (Fsp3) is 0.667. The van der Waals surface area contributed by atoms with Crippen molar-refractivity contribution in [2.24, 2.45) is 11.7 Å². The van der Waals surface area contributed by atoms with Crippen LogP contribution in [-0.2, 0) is 0 Å². The Kier molecular flexibility index (Phi) is 5.15. The first-order valence-electron chi connectivity index (χ1n) is 5.99. The van der Waals surface area contributed by atoms with Crippen LogP contribution in [0.5, 0.6) is 5.88 Å². The zero-order valence-electron chi connectivity index (χ0n) is 11.0. The summed E-state index contributed by atoms with van der Waals surface area (Å²) >= 11 is 0. The van der Waals surface area contributed by atoms with Gasteiger partial charge in [0, 0.05) is 18.3 Å². The van der Waals surface area contributed by atoms with Crippen LogP contribution in [0.15, 0.2) is 12.3 Å². The van der Waals surface area contributed by atoms with Crippen LogP contribution in [0.25, 0.3) is 0 Å². The number of nitrogens with zero attached hydrogens (tertiary/aromatic N) is 2. The van der Waals surface area contributed by atoms with Gasteiger partial charge in [0.05, 0.1) is 6.10 Å². The average molecular weight is 238 g/mol. The molecule has 0 saturated heterocycles. The van der Waals surface area contributed by atoms with Crippen LogP contribution >= 0.6 is 0 Å². The molecule has 0 fully saturated rings. The minimum Gasteiger partial charge on any atom is -0.475 e. The van der Waals surface area contributed by atoms with E-state index in [4.69, 9.17) is 10.5 Å². The number of nitrogens with one attached hydrogen (secondary N) is 1. The van der Waals surface area contributed by atoms with E-state index < -0.39 is 0 Å². The van der Waals surface area contributed by atoms with Crippen molar-refractivity contribution in [1.82, 2.24) is 9.97 Å². The molecule has 1 aromatic heterocycles. The van der Waals surface area contributed by atoms with E-state index >= 15 is 0 Å². The van der Waals surface area contributed by atoms with Crippen molar-refractivity contribution in [1.29, 1.82) is 0 Å². The van der Waals surface area contributed by atoms with Gasteiger partial charge in [0.1, 0.15) is 0 Å². The van der Waals surface area contributed by atoms with Gasteiger partial charge in [-0.2, -0.15) is 4.98 Å². The van der Waals surface area contributed by atoms with Gasteiger partial charge in [-0.3, -0.25) is 0 Å². The summed E-state index contributed by atoms with van der Waals surface area (Å²) in [6.45, 7) is 8.72. The topological polar surface area (TPSA) is 73.1 Å². The van der Waals surface area contributed by atoms with Gasteiger partial charge in [-0.15, -0.1) is 0 Å². The minimum absolute atomic E-state index is 0.109. The van der Waals surface area contributed by atoms with Gasteiger partial charge in [-0.05, 0) is 33.2 Å². The van der Waals surface area contributed by atoms with Crippen LogP contribution in [-0.4, -0.2) is 28.7 Å². The number of rotatable bonds is 6. The Balaban J connectivity index is 2.65. The average Bonchev–Trinajstić information content (AvgIpc) is 2.27. The van der Waals surface area contributed by atoms with Crippen LogP contribution in [0.3, 0.4) is 0 Å². The van der Waals surface area contributed by atoms with E-state index in [1.54, 1.807) is 12.3 Å². The largest absolute Gasteiger partial charge is 0.475 e. The second-order valence-electron chi connectivity index (χ2n) is 4.53. The molecule has 0 aliphatic rings. The molecule has 0 radical (unpaired) electrons. The van der Waals surface area contributed by atoms with Crippen molar-refractivity contribution in [3.05, 3.63) is 12.3 Å². The number of ether oxygens (including phenoxy) is 1. The van der Waals surface area contributed by atoms with Gasteiger partial charge in [-0.1, -0.05) is 6.92 Å². The number of anilines is 1. The van der Waals surface area contributed by atoms with Crippen molar-refractivity contribution in [2.75, 3.05) is 11.9 Å². The smallest absolute Gasteiger partial charge is 0.226 e. The molecular weight excluding hydrogens is 216 g/mol. The van der Waals surface area contributed by atoms with Gasteiger partial charge < -0.3 is 15.8 Å². The molecule has 0 aliphatic heterocycles. The molecule has 5 nitrogen and oxygen atoms in total. The summed E-state index contributed by atoms with van der Waals surface area (Å²) in [5, 5.41) is 3.22. The molecule has 0 amide bonds. The van der Waals surface area contributed by atoms with E-state index in [0.717, 1.165) is 0 Å². The summed E-state index contributed by atoms with van der Waals surface area (Å²) in [7, 11) is 0. The Morgan fingerprint density at radius 2 is 2.06 bits per heavy atom. The molecule has 5 heteroatoms. The van der Waals surface area contributed by atoms with Gasteiger partial charge in [0.2, 0.25) is 11.8 Å². The van der Waals surface area contributed by atoms with Gasteiger partial charge >= 0.3 is 0 Å². The summed E-state index contributed by atoms with van der Waals surface area (Å²) in [6.07, 6.45) is 1.80. The quantitative estimate of drug-likeness (QED) is 0.788. The monoisotopic (exact) mass is 238 g/mol. The second kappa shape index (κ2) is 6.39. The number of hydrogen-bond acceptors (Lipinski definition) is 5. The lowest BCUT2D eigenvalue weighted by Crippen LogP contribution is -2.30. The molecule has 1 heterocycles. The second-order valence-corrected chi connectivity index (χ2v) is 4.53. The van der Waals surface area contributed by atoms with Crippen LogP contribution < -0.4 is 15.8 Å². The van der Waals surface area contributed by atoms with E-state index in [9.17, 15) is 0 Å². The SMILES string of the molecule is CC(C)Oc1ccnc(NC(C)C(C)CN)n1. The van der Waals surface area contributed by atoms with Crippen LogP contribution in [0.4, 0.5) is 5.95 Å². The molecule has 96 valence electrons. The Labute approximate surface area is 103 Å². The summed E-state index contributed by atoms with van der Waals surface area (Å²) in [6, 6.07) is 1.98. The predicted molar refractivity (Wildman–Crippen MR) is 69.1 cm³/mol. The highest BCUT2D eigenvalue weighted by Crippen LogP contribution is 2.12. The fourth-order valence-electron chi connectivity index (χ4n) is 1.27. The molecule has 2 atom stereocenters. The normalized spacial score (nSPS) is 14.5. The van der Waals surface area contributed by atoms with Crippen molar-refractivity contribution < 1.29 is 4.74 Å². The molecular formula is C12H22N4O. The Morgan fingerprint density at radius 1 is 1.35 bits per heavy atom. The maximum atomic E-state index is 5.62. The lowest BCUT2D eigenvalue weighted by molar-refractivity contribution is 0.232. The van der Waals surface area contributed by atoms with Crippen molar-refractivity contribution in [3.63, 3.8) is 0 Å². The van der Waals surface area contributed by atoms with E-state index in [0.29, 0.717) is 24.3 Å².